The van der Waals surface area contributed by atoms with Crippen molar-refractivity contribution in [2.45, 2.75) is 32.2 Å². The van der Waals surface area contributed by atoms with E-state index in [9.17, 15) is 4.79 Å². The SMILES string of the molecule is Cc1nc2c(s1)CCCC2NC(=O)c1ccc2cn[nH]c2n1. The molecular formula is C15H15N5OS. The van der Waals surface area contributed by atoms with Crippen LogP contribution in [0.2, 0.25) is 0 Å². The maximum Gasteiger partial charge on any atom is 0.270 e. The van der Waals surface area contributed by atoms with E-state index in [0.29, 0.717) is 11.3 Å². The lowest BCUT2D eigenvalue weighted by Crippen LogP contribution is -2.31. The number of pyridine rings is 1. The molecule has 6 nitrogen and oxygen atoms in total. The predicted octanol–water partition coefficient (Wildman–Crippen LogP) is 2.53. The first-order chi connectivity index (χ1) is 10.7. The van der Waals surface area contributed by atoms with Gasteiger partial charge < -0.3 is 5.32 Å². The number of aromatic nitrogens is 4. The van der Waals surface area contributed by atoms with Crippen LogP contribution in [-0.4, -0.2) is 26.1 Å². The van der Waals surface area contributed by atoms with Gasteiger partial charge in [-0.2, -0.15) is 5.10 Å². The van der Waals surface area contributed by atoms with Crippen molar-refractivity contribution in [1.82, 2.24) is 25.5 Å². The van der Waals surface area contributed by atoms with Crippen LogP contribution in [0.3, 0.4) is 0 Å². The molecule has 4 rings (SSSR count). The highest BCUT2D eigenvalue weighted by molar-refractivity contribution is 7.11. The zero-order valence-corrected chi connectivity index (χ0v) is 12.9. The van der Waals surface area contributed by atoms with Gasteiger partial charge in [0, 0.05) is 10.3 Å². The maximum absolute atomic E-state index is 12.5. The Labute approximate surface area is 131 Å². The number of hydrogen-bond donors (Lipinski definition) is 2. The molecule has 0 fully saturated rings. The van der Waals surface area contributed by atoms with E-state index in [1.54, 1.807) is 23.6 Å². The van der Waals surface area contributed by atoms with Crippen LogP contribution in [0.5, 0.6) is 0 Å². The van der Waals surface area contributed by atoms with Gasteiger partial charge in [0.1, 0.15) is 5.69 Å². The fourth-order valence-corrected chi connectivity index (χ4v) is 3.91. The quantitative estimate of drug-likeness (QED) is 0.761. The number of H-pyrrole nitrogens is 1. The molecule has 1 aliphatic carbocycles. The van der Waals surface area contributed by atoms with Gasteiger partial charge in [0.2, 0.25) is 0 Å². The first-order valence-corrected chi connectivity index (χ1v) is 8.09. The summed E-state index contributed by atoms with van der Waals surface area (Å²) in [4.78, 5) is 22.7. The predicted molar refractivity (Wildman–Crippen MR) is 83.9 cm³/mol. The molecule has 0 aliphatic heterocycles. The summed E-state index contributed by atoms with van der Waals surface area (Å²) >= 11 is 1.73. The van der Waals surface area contributed by atoms with E-state index >= 15 is 0 Å². The van der Waals surface area contributed by atoms with E-state index in [0.717, 1.165) is 35.4 Å². The van der Waals surface area contributed by atoms with Crippen LogP contribution in [0.15, 0.2) is 18.3 Å². The largest absolute Gasteiger partial charge is 0.342 e. The molecule has 3 heterocycles. The number of aryl methyl sites for hydroxylation is 2. The van der Waals surface area contributed by atoms with Crippen LogP contribution in [0.25, 0.3) is 11.0 Å². The third-order valence-corrected chi connectivity index (χ3v) is 4.95. The maximum atomic E-state index is 12.5. The Morgan fingerprint density at radius 3 is 3.23 bits per heavy atom. The molecule has 1 amide bonds. The van der Waals surface area contributed by atoms with Gasteiger partial charge in [-0.15, -0.1) is 11.3 Å². The van der Waals surface area contributed by atoms with E-state index < -0.39 is 0 Å². The second kappa shape index (κ2) is 5.17. The number of fused-ring (bicyclic) bond motifs is 2. The summed E-state index contributed by atoms with van der Waals surface area (Å²) in [6, 6.07) is 3.56. The Balaban J connectivity index is 1.59. The first-order valence-electron chi connectivity index (χ1n) is 7.28. The summed E-state index contributed by atoms with van der Waals surface area (Å²) in [5.41, 5.74) is 2.06. The van der Waals surface area contributed by atoms with Gasteiger partial charge in [-0.05, 0) is 38.3 Å². The van der Waals surface area contributed by atoms with Crippen molar-refractivity contribution in [2.24, 2.45) is 0 Å². The van der Waals surface area contributed by atoms with Crippen molar-refractivity contribution >= 4 is 28.3 Å². The number of carbonyl (C=O) groups is 1. The Bertz CT molecular complexity index is 853. The average Bonchev–Trinajstić information content (AvgIpc) is 3.12. The fourth-order valence-electron chi connectivity index (χ4n) is 2.87. The molecule has 0 saturated carbocycles. The number of aromatic amines is 1. The number of nitrogens with zero attached hydrogens (tertiary/aromatic N) is 3. The zero-order valence-electron chi connectivity index (χ0n) is 12.1. The third-order valence-electron chi connectivity index (χ3n) is 3.90. The first kappa shape index (κ1) is 13.4. The summed E-state index contributed by atoms with van der Waals surface area (Å²) in [6.45, 7) is 2.01. The monoisotopic (exact) mass is 313 g/mol. The molecule has 0 radical (unpaired) electrons. The second-order valence-electron chi connectivity index (χ2n) is 5.46. The zero-order chi connectivity index (χ0) is 15.1. The van der Waals surface area contributed by atoms with Crippen LogP contribution in [0, 0.1) is 6.92 Å². The lowest BCUT2D eigenvalue weighted by atomic mass is 9.97. The summed E-state index contributed by atoms with van der Waals surface area (Å²) in [7, 11) is 0. The Morgan fingerprint density at radius 1 is 1.41 bits per heavy atom. The topological polar surface area (TPSA) is 83.6 Å². The Hall–Kier alpha value is -2.28. The summed E-state index contributed by atoms with van der Waals surface area (Å²) in [5.74, 6) is -0.167. The lowest BCUT2D eigenvalue weighted by molar-refractivity contribution is 0.0927. The smallest absolute Gasteiger partial charge is 0.270 e. The second-order valence-corrected chi connectivity index (χ2v) is 6.75. The van der Waals surface area contributed by atoms with E-state index in [-0.39, 0.29) is 11.9 Å². The van der Waals surface area contributed by atoms with Crippen LogP contribution in [-0.2, 0) is 6.42 Å². The Morgan fingerprint density at radius 2 is 2.32 bits per heavy atom. The number of amides is 1. The molecule has 0 saturated heterocycles. The molecule has 1 aliphatic rings. The molecular weight excluding hydrogens is 298 g/mol. The number of thiazole rings is 1. The van der Waals surface area contributed by atoms with Crippen molar-refractivity contribution in [3.05, 3.63) is 39.6 Å². The normalized spacial score (nSPS) is 17.4. The van der Waals surface area contributed by atoms with E-state index in [4.69, 9.17) is 0 Å². The van der Waals surface area contributed by atoms with Crippen molar-refractivity contribution in [2.75, 3.05) is 0 Å². The highest BCUT2D eigenvalue weighted by Gasteiger charge is 2.26. The highest BCUT2D eigenvalue weighted by Crippen LogP contribution is 2.33. The molecule has 0 spiro atoms. The molecule has 112 valence electrons. The molecule has 1 atom stereocenters. The van der Waals surface area contributed by atoms with Crippen molar-refractivity contribution in [3.63, 3.8) is 0 Å². The summed E-state index contributed by atoms with van der Waals surface area (Å²) in [5, 5.41) is 11.7. The molecule has 3 aromatic heterocycles. The molecule has 0 aromatic carbocycles. The highest BCUT2D eigenvalue weighted by atomic mass is 32.1. The Kier molecular flexibility index (Phi) is 3.15. The van der Waals surface area contributed by atoms with Gasteiger partial charge in [-0.25, -0.2) is 9.97 Å². The fraction of sp³-hybridized carbons (Fsp3) is 0.333. The minimum absolute atomic E-state index is 0.0135. The van der Waals surface area contributed by atoms with Crippen LogP contribution in [0.1, 0.15) is 45.0 Å². The van der Waals surface area contributed by atoms with Crippen LogP contribution < -0.4 is 5.32 Å². The standard InChI is InChI=1S/C15H15N5OS/c1-8-17-13-10(3-2-4-12(13)22-8)19-15(21)11-6-5-9-7-16-20-14(9)18-11/h5-7,10H,2-4H2,1H3,(H,19,21)(H,16,18,20). The lowest BCUT2D eigenvalue weighted by Gasteiger charge is -2.22. The van der Waals surface area contributed by atoms with Crippen molar-refractivity contribution in [3.8, 4) is 0 Å². The third kappa shape index (κ3) is 2.27. The van der Waals surface area contributed by atoms with Gasteiger partial charge in [-0.3, -0.25) is 9.89 Å². The van der Waals surface area contributed by atoms with E-state index in [1.165, 1.54) is 4.88 Å². The van der Waals surface area contributed by atoms with Crippen LogP contribution in [0.4, 0.5) is 0 Å². The van der Waals surface area contributed by atoms with E-state index in [2.05, 4.69) is 25.5 Å². The van der Waals surface area contributed by atoms with E-state index in [1.807, 2.05) is 13.0 Å². The van der Waals surface area contributed by atoms with Gasteiger partial charge in [0.15, 0.2) is 5.65 Å². The van der Waals surface area contributed by atoms with Crippen LogP contribution >= 0.6 is 11.3 Å². The molecule has 0 bridgehead atoms. The number of carbonyl (C=O) groups excluding carboxylic acids is 1. The molecule has 2 N–H and O–H groups in total. The van der Waals surface area contributed by atoms with Crippen molar-refractivity contribution in [1.29, 1.82) is 0 Å². The molecule has 7 heteroatoms. The molecule has 3 aromatic rings. The summed E-state index contributed by atoms with van der Waals surface area (Å²) in [6.07, 6.45) is 4.75. The minimum atomic E-state index is -0.167. The van der Waals surface area contributed by atoms with Gasteiger partial charge in [0.25, 0.3) is 5.91 Å². The van der Waals surface area contributed by atoms with Gasteiger partial charge in [0.05, 0.1) is 22.9 Å². The van der Waals surface area contributed by atoms with Gasteiger partial charge >= 0.3 is 0 Å². The van der Waals surface area contributed by atoms with Crippen molar-refractivity contribution < 1.29 is 4.79 Å². The summed E-state index contributed by atoms with van der Waals surface area (Å²) < 4.78 is 0. The minimum Gasteiger partial charge on any atom is -0.342 e. The average molecular weight is 313 g/mol. The number of hydrogen-bond acceptors (Lipinski definition) is 5. The number of rotatable bonds is 2. The number of nitrogens with one attached hydrogen (secondary N) is 2. The molecule has 22 heavy (non-hydrogen) atoms. The molecule has 1 unspecified atom stereocenters. The van der Waals surface area contributed by atoms with Gasteiger partial charge in [-0.1, -0.05) is 0 Å².